The number of benzene rings is 1. The van der Waals surface area contributed by atoms with Gasteiger partial charge >= 0.3 is 0 Å². The number of ether oxygens (including phenoxy) is 1. The molecular weight excluding hydrogens is 431 g/mol. The van der Waals surface area contributed by atoms with Gasteiger partial charge in [0, 0.05) is 25.0 Å². The van der Waals surface area contributed by atoms with Gasteiger partial charge in [-0.2, -0.15) is 4.39 Å². The van der Waals surface area contributed by atoms with E-state index in [0.29, 0.717) is 33.5 Å². The van der Waals surface area contributed by atoms with Crippen LogP contribution in [0.4, 0.5) is 10.1 Å². The van der Waals surface area contributed by atoms with Crippen molar-refractivity contribution < 1.29 is 18.5 Å². The average Bonchev–Trinajstić information content (AvgIpc) is 3.60. The molecule has 0 aliphatic heterocycles. The number of halogens is 1. The van der Waals surface area contributed by atoms with Gasteiger partial charge in [0.2, 0.25) is 11.8 Å². The fourth-order valence-electron chi connectivity index (χ4n) is 3.48. The number of aromatic nitrogens is 2. The molecule has 1 atom stereocenters. The Morgan fingerprint density at radius 2 is 2.03 bits per heavy atom. The number of hydrogen-bond donors (Lipinski definition) is 2. The third-order valence-corrected chi connectivity index (χ3v) is 6.34. The molecule has 1 aromatic carbocycles. The molecule has 3 aromatic rings. The van der Waals surface area contributed by atoms with Gasteiger partial charge in [-0.1, -0.05) is 6.07 Å². The van der Waals surface area contributed by atoms with E-state index in [2.05, 4.69) is 20.0 Å². The van der Waals surface area contributed by atoms with Crippen LogP contribution >= 0.6 is 0 Å². The number of amides is 1. The largest absolute Gasteiger partial charge is 0.593 e. The van der Waals surface area contributed by atoms with Crippen LogP contribution < -0.4 is 14.8 Å². The maximum atomic E-state index is 13.4. The molecule has 0 radical (unpaired) electrons. The van der Waals surface area contributed by atoms with Crippen LogP contribution in [-0.4, -0.2) is 27.5 Å². The van der Waals surface area contributed by atoms with Crippen molar-refractivity contribution in [3.63, 3.8) is 0 Å². The number of rotatable bonds is 7. The summed E-state index contributed by atoms with van der Waals surface area (Å²) >= 11 is -1.38. The second-order valence-electron chi connectivity index (χ2n) is 7.57. The van der Waals surface area contributed by atoms with Crippen LogP contribution in [0.3, 0.4) is 0 Å². The summed E-state index contributed by atoms with van der Waals surface area (Å²) in [7, 11) is 1.59. The standard InChI is InChI=1S/C23H23FN4O3S/c1-13-18(15-7-8-15)12-26-23(31-19-9-10-20(24)27-14(19)2)21(13)22(29)28-16-5-4-6-17(11-16)32(30)25-3/h4-6,9-12,15,25H,7-8H2,1-3H3,(H,28,29). The molecule has 2 heterocycles. The average molecular weight is 455 g/mol. The lowest BCUT2D eigenvalue weighted by molar-refractivity contribution is 0.102. The summed E-state index contributed by atoms with van der Waals surface area (Å²) in [5, 5.41) is 2.86. The van der Waals surface area contributed by atoms with Crippen LogP contribution in [0.2, 0.25) is 0 Å². The molecule has 1 unspecified atom stereocenters. The molecule has 166 valence electrons. The molecule has 1 aliphatic carbocycles. The van der Waals surface area contributed by atoms with E-state index in [4.69, 9.17) is 4.74 Å². The zero-order chi connectivity index (χ0) is 22.8. The number of nitrogens with zero attached hydrogens (tertiary/aromatic N) is 2. The van der Waals surface area contributed by atoms with Crippen LogP contribution in [0.15, 0.2) is 47.5 Å². The normalized spacial score (nSPS) is 14.2. The lowest BCUT2D eigenvalue weighted by Gasteiger charge is -2.16. The molecule has 32 heavy (non-hydrogen) atoms. The number of aryl methyl sites for hydroxylation is 1. The van der Waals surface area contributed by atoms with E-state index in [1.807, 2.05) is 6.92 Å². The molecule has 1 aliphatic rings. The van der Waals surface area contributed by atoms with Crippen molar-refractivity contribution in [1.29, 1.82) is 0 Å². The molecule has 2 N–H and O–H groups in total. The molecule has 9 heteroatoms. The molecule has 1 fully saturated rings. The van der Waals surface area contributed by atoms with E-state index >= 15 is 0 Å². The first-order chi connectivity index (χ1) is 15.4. The number of nitrogens with one attached hydrogen (secondary N) is 2. The Hall–Kier alpha value is -3.01. The highest BCUT2D eigenvalue weighted by Crippen LogP contribution is 2.43. The van der Waals surface area contributed by atoms with Crippen LogP contribution in [0.25, 0.3) is 0 Å². The summed E-state index contributed by atoms with van der Waals surface area (Å²) in [6, 6.07) is 9.45. The van der Waals surface area contributed by atoms with Crippen molar-refractivity contribution in [1.82, 2.24) is 14.7 Å². The summed E-state index contributed by atoms with van der Waals surface area (Å²) in [5.41, 5.74) is 2.96. The van der Waals surface area contributed by atoms with E-state index in [0.717, 1.165) is 24.0 Å². The number of carbonyl (C=O) groups excluding carboxylic acids is 1. The second kappa shape index (κ2) is 9.23. The molecule has 0 bridgehead atoms. The number of hydrogen-bond acceptors (Lipinski definition) is 6. The smallest absolute Gasteiger partial charge is 0.261 e. The van der Waals surface area contributed by atoms with Crippen LogP contribution in [0.5, 0.6) is 11.6 Å². The van der Waals surface area contributed by atoms with Crippen LogP contribution in [0, 0.1) is 19.8 Å². The Balaban J connectivity index is 1.69. The summed E-state index contributed by atoms with van der Waals surface area (Å²) < 4.78 is 34.0. The van der Waals surface area contributed by atoms with Crippen molar-refractivity contribution in [2.45, 2.75) is 37.5 Å². The lowest BCUT2D eigenvalue weighted by atomic mass is 10.0. The minimum atomic E-state index is -1.38. The van der Waals surface area contributed by atoms with E-state index in [1.54, 1.807) is 44.4 Å². The van der Waals surface area contributed by atoms with Gasteiger partial charge < -0.3 is 14.6 Å². The van der Waals surface area contributed by atoms with Crippen molar-refractivity contribution >= 4 is 23.0 Å². The first-order valence-electron chi connectivity index (χ1n) is 10.2. The van der Waals surface area contributed by atoms with Gasteiger partial charge in [-0.25, -0.2) is 9.97 Å². The second-order valence-corrected chi connectivity index (χ2v) is 8.98. The third-order valence-electron chi connectivity index (χ3n) is 5.29. The van der Waals surface area contributed by atoms with Gasteiger partial charge in [0.1, 0.15) is 5.56 Å². The molecular formula is C23H23FN4O3S. The molecule has 7 nitrogen and oxygen atoms in total. The van der Waals surface area contributed by atoms with E-state index in [-0.39, 0.29) is 5.88 Å². The van der Waals surface area contributed by atoms with Gasteiger partial charge in [0.25, 0.3) is 5.91 Å². The van der Waals surface area contributed by atoms with E-state index in [1.165, 1.54) is 12.1 Å². The number of anilines is 1. The van der Waals surface area contributed by atoms with E-state index < -0.39 is 23.2 Å². The van der Waals surface area contributed by atoms with Gasteiger partial charge in [-0.15, -0.1) is 4.72 Å². The first-order valence-corrected chi connectivity index (χ1v) is 11.3. The molecule has 1 saturated carbocycles. The van der Waals surface area contributed by atoms with Crippen molar-refractivity contribution in [3.8, 4) is 11.6 Å². The first kappa shape index (κ1) is 22.2. The SMILES string of the molecule is CN[S+]([O-])c1cccc(NC(=O)c2c(Oc3ccc(F)nc3C)ncc(C3CC3)c2C)c1. The van der Waals surface area contributed by atoms with Crippen LogP contribution in [-0.2, 0) is 11.4 Å². The zero-order valence-corrected chi connectivity index (χ0v) is 18.8. The Morgan fingerprint density at radius 1 is 1.25 bits per heavy atom. The van der Waals surface area contributed by atoms with Gasteiger partial charge in [-0.3, -0.25) is 4.79 Å². The fourth-order valence-corrected chi connectivity index (χ4v) is 4.15. The number of pyridine rings is 2. The summed E-state index contributed by atoms with van der Waals surface area (Å²) in [5.74, 6) is -0.181. The Bertz CT molecular complexity index is 1170. The molecule has 0 spiro atoms. The monoisotopic (exact) mass is 454 g/mol. The van der Waals surface area contributed by atoms with Crippen LogP contribution in [0.1, 0.15) is 45.9 Å². The van der Waals surface area contributed by atoms with Gasteiger partial charge in [0.05, 0.1) is 17.1 Å². The van der Waals surface area contributed by atoms with Crippen molar-refractivity contribution in [2.24, 2.45) is 0 Å². The minimum Gasteiger partial charge on any atom is -0.593 e. The molecule has 4 rings (SSSR count). The van der Waals surface area contributed by atoms with Crippen molar-refractivity contribution in [3.05, 3.63) is 70.9 Å². The summed E-state index contributed by atoms with van der Waals surface area (Å²) in [6.45, 7) is 3.50. The highest BCUT2D eigenvalue weighted by Gasteiger charge is 2.30. The Labute approximate surface area is 188 Å². The Morgan fingerprint density at radius 3 is 2.72 bits per heavy atom. The van der Waals surface area contributed by atoms with E-state index in [9.17, 15) is 13.7 Å². The Kier molecular flexibility index (Phi) is 6.40. The van der Waals surface area contributed by atoms with Gasteiger partial charge in [0.15, 0.2) is 10.6 Å². The predicted octanol–water partition coefficient (Wildman–Crippen LogP) is 4.40. The highest BCUT2D eigenvalue weighted by atomic mass is 32.2. The highest BCUT2D eigenvalue weighted by molar-refractivity contribution is 7.89. The fraction of sp³-hybridized carbons (Fsp3) is 0.261. The molecule has 1 amide bonds. The predicted molar refractivity (Wildman–Crippen MR) is 120 cm³/mol. The maximum Gasteiger partial charge on any atom is 0.261 e. The maximum absolute atomic E-state index is 13.4. The zero-order valence-electron chi connectivity index (χ0n) is 17.9. The molecule has 0 saturated heterocycles. The number of carbonyl (C=O) groups is 1. The van der Waals surface area contributed by atoms with Crippen molar-refractivity contribution in [2.75, 3.05) is 12.4 Å². The lowest BCUT2D eigenvalue weighted by Crippen LogP contribution is -2.20. The minimum absolute atomic E-state index is 0.121. The summed E-state index contributed by atoms with van der Waals surface area (Å²) in [4.78, 5) is 22.1. The summed E-state index contributed by atoms with van der Waals surface area (Å²) in [6.07, 6.45) is 3.85. The topological polar surface area (TPSA) is 99.2 Å². The quantitative estimate of drug-likeness (QED) is 0.406. The van der Waals surface area contributed by atoms with Gasteiger partial charge in [-0.05, 0) is 68.0 Å². The molecule has 2 aromatic heterocycles. The third kappa shape index (κ3) is 4.74.